The molecular weight excluding hydrogens is 354 g/mol. The Morgan fingerprint density at radius 3 is 2.89 bits per heavy atom. The molecule has 2 aromatic heterocycles. The molecule has 0 spiro atoms. The Labute approximate surface area is 154 Å². The topological polar surface area (TPSA) is 75.0 Å². The van der Waals surface area contributed by atoms with Crippen molar-refractivity contribution in [1.29, 1.82) is 0 Å². The van der Waals surface area contributed by atoms with Crippen LogP contribution in [0.4, 0.5) is 8.78 Å². The van der Waals surface area contributed by atoms with E-state index in [-0.39, 0.29) is 17.4 Å². The number of hydrogen-bond donors (Lipinski definition) is 1. The van der Waals surface area contributed by atoms with E-state index < -0.39 is 11.6 Å². The first-order chi connectivity index (χ1) is 13.0. The highest BCUT2D eigenvalue weighted by atomic mass is 19.2. The molecule has 6 nitrogen and oxygen atoms in total. The first kappa shape index (κ1) is 17.4. The maximum atomic E-state index is 13.4. The number of halogens is 2. The summed E-state index contributed by atoms with van der Waals surface area (Å²) in [5.41, 5.74) is 1.97. The van der Waals surface area contributed by atoms with E-state index in [2.05, 4.69) is 15.1 Å². The van der Waals surface area contributed by atoms with Crippen molar-refractivity contribution in [2.24, 2.45) is 0 Å². The van der Waals surface area contributed by atoms with Crippen molar-refractivity contribution in [2.75, 3.05) is 13.1 Å². The third-order valence-corrected chi connectivity index (χ3v) is 4.73. The molecule has 1 aromatic carbocycles. The normalized spacial score (nSPS) is 17.3. The largest absolute Gasteiger partial charge is 0.358 e. The monoisotopic (exact) mass is 372 g/mol. The fourth-order valence-corrected chi connectivity index (χ4v) is 3.32. The van der Waals surface area contributed by atoms with Gasteiger partial charge in [0.15, 0.2) is 11.6 Å². The summed E-state index contributed by atoms with van der Waals surface area (Å²) in [7, 11) is 0. The van der Waals surface area contributed by atoms with Crippen LogP contribution in [0.25, 0.3) is 11.5 Å². The van der Waals surface area contributed by atoms with Gasteiger partial charge in [-0.05, 0) is 49.6 Å². The Morgan fingerprint density at radius 1 is 1.30 bits per heavy atom. The summed E-state index contributed by atoms with van der Waals surface area (Å²) in [5, 5.41) is 4.01. The molecule has 1 atom stereocenters. The SMILES string of the molecule is Cc1c[nH]c(-c2noc([C@H]3CCCN(C(=O)c4ccc(F)c(F)c4)C3)n2)c1. The summed E-state index contributed by atoms with van der Waals surface area (Å²) in [6.45, 7) is 2.90. The maximum absolute atomic E-state index is 13.4. The number of H-pyrrole nitrogens is 1. The van der Waals surface area contributed by atoms with Gasteiger partial charge in [0.2, 0.25) is 11.7 Å². The number of likely N-dealkylation sites (tertiary alicyclic amines) is 1. The van der Waals surface area contributed by atoms with Crippen LogP contribution in [-0.4, -0.2) is 39.0 Å². The van der Waals surface area contributed by atoms with Crippen LogP contribution < -0.4 is 0 Å². The number of aryl methyl sites for hydroxylation is 1. The molecular formula is C19H18F2N4O2. The molecule has 0 bridgehead atoms. The number of carbonyl (C=O) groups is 1. The zero-order valence-corrected chi connectivity index (χ0v) is 14.7. The Balaban J connectivity index is 1.50. The van der Waals surface area contributed by atoms with E-state index in [1.807, 2.05) is 19.2 Å². The van der Waals surface area contributed by atoms with E-state index in [4.69, 9.17) is 4.52 Å². The third-order valence-electron chi connectivity index (χ3n) is 4.73. The second-order valence-corrected chi connectivity index (χ2v) is 6.77. The second-order valence-electron chi connectivity index (χ2n) is 6.77. The number of benzene rings is 1. The van der Waals surface area contributed by atoms with Crippen LogP contribution in [0.1, 0.15) is 40.6 Å². The van der Waals surface area contributed by atoms with Crippen molar-refractivity contribution in [1.82, 2.24) is 20.0 Å². The van der Waals surface area contributed by atoms with Crippen LogP contribution in [-0.2, 0) is 0 Å². The van der Waals surface area contributed by atoms with Gasteiger partial charge in [-0.1, -0.05) is 5.16 Å². The van der Waals surface area contributed by atoms with E-state index in [0.717, 1.165) is 36.2 Å². The van der Waals surface area contributed by atoms with Gasteiger partial charge in [0.1, 0.15) is 0 Å². The molecule has 1 N–H and O–H groups in total. The summed E-state index contributed by atoms with van der Waals surface area (Å²) >= 11 is 0. The van der Waals surface area contributed by atoms with Gasteiger partial charge in [-0.25, -0.2) is 8.78 Å². The zero-order chi connectivity index (χ0) is 19.0. The summed E-state index contributed by atoms with van der Waals surface area (Å²) in [6.07, 6.45) is 3.43. The molecule has 8 heteroatoms. The van der Waals surface area contributed by atoms with Crippen molar-refractivity contribution < 1.29 is 18.1 Å². The van der Waals surface area contributed by atoms with E-state index >= 15 is 0 Å². The molecule has 1 aliphatic heterocycles. The number of nitrogens with zero attached hydrogens (tertiary/aromatic N) is 3. The summed E-state index contributed by atoms with van der Waals surface area (Å²) in [6, 6.07) is 5.11. The van der Waals surface area contributed by atoms with E-state index in [1.54, 1.807) is 4.90 Å². The molecule has 27 heavy (non-hydrogen) atoms. The van der Waals surface area contributed by atoms with Gasteiger partial charge in [-0.3, -0.25) is 4.79 Å². The standard InChI is InChI=1S/C19H18F2N4O2/c1-11-7-16(22-9-11)17-23-18(27-24-17)13-3-2-6-25(10-13)19(26)12-4-5-14(20)15(21)8-12/h4-5,7-9,13,22H,2-3,6,10H2,1H3/t13-/m0/s1. The van der Waals surface area contributed by atoms with Crippen LogP contribution >= 0.6 is 0 Å². The highest BCUT2D eigenvalue weighted by molar-refractivity contribution is 5.94. The summed E-state index contributed by atoms with van der Waals surface area (Å²) in [5.74, 6) is -1.48. The van der Waals surface area contributed by atoms with Gasteiger partial charge in [0, 0.05) is 24.8 Å². The first-order valence-electron chi connectivity index (χ1n) is 8.74. The van der Waals surface area contributed by atoms with Gasteiger partial charge >= 0.3 is 0 Å². The van der Waals surface area contributed by atoms with Gasteiger partial charge in [-0.15, -0.1) is 0 Å². The molecule has 0 saturated carbocycles. The number of aromatic nitrogens is 3. The van der Waals surface area contributed by atoms with Gasteiger partial charge in [-0.2, -0.15) is 4.98 Å². The van der Waals surface area contributed by atoms with Crippen LogP contribution in [0.5, 0.6) is 0 Å². The van der Waals surface area contributed by atoms with Crippen molar-refractivity contribution >= 4 is 5.91 Å². The second kappa shape index (κ2) is 6.94. The Morgan fingerprint density at radius 2 is 2.15 bits per heavy atom. The van der Waals surface area contributed by atoms with E-state index in [0.29, 0.717) is 24.8 Å². The molecule has 3 heterocycles. The Bertz CT molecular complexity index is 982. The molecule has 0 radical (unpaired) electrons. The maximum Gasteiger partial charge on any atom is 0.253 e. The molecule has 140 valence electrons. The highest BCUT2D eigenvalue weighted by Crippen LogP contribution is 2.28. The molecule has 1 amide bonds. The molecule has 1 fully saturated rings. The van der Waals surface area contributed by atoms with Gasteiger partial charge < -0.3 is 14.4 Å². The number of amides is 1. The first-order valence-corrected chi connectivity index (χ1v) is 8.74. The minimum absolute atomic E-state index is 0.0923. The number of nitrogens with one attached hydrogen (secondary N) is 1. The lowest BCUT2D eigenvalue weighted by molar-refractivity contribution is 0.0695. The van der Waals surface area contributed by atoms with Crippen molar-refractivity contribution in [3.05, 3.63) is 59.1 Å². The van der Waals surface area contributed by atoms with Crippen LogP contribution in [0.2, 0.25) is 0 Å². The fourth-order valence-electron chi connectivity index (χ4n) is 3.32. The van der Waals surface area contributed by atoms with Crippen molar-refractivity contribution in [3.63, 3.8) is 0 Å². The highest BCUT2D eigenvalue weighted by Gasteiger charge is 2.29. The number of piperidine rings is 1. The van der Waals surface area contributed by atoms with Crippen LogP contribution in [0.3, 0.4) is 0 Å². The number of carbonyl (C=O) groups excluding carboxylic acids is 1. The van der Waals surface area contributed by atoms with E-state index in [1.165, 1.54) is 6.07 Å². The Hall–Kier alpha value is -3.03. The summed E-state index contributed by atoms with van der Waals surface area (Å²) in [4.78, 5) is 21.8. The average Bonchev–Trinajstić information content (AvgIpc) is 3.32. The van der Waals surface area contributed by atoms with Crippen LogP contribution in [0, 0.1) is 18.6 Å². The van der Waals surface area contributed by atoms with Crippen LogP contribution in [0.15, 0.2) is 35.0 Å². The predicted molar refractivity (Wildman–Crippen MR) is 93.1 cm³/mol. The average molecular weight is 372 g/mol. The molecule has 0 unspecified atom stereocenters. The molecule has 4 rings (SSSR count). The minimum Gasteiger partial charge on any atom is -0.358 e. The zero-order valence-electron chi connectivity index (χ0n) is 14.7. The van der Waals surface area contributed by atoms with Gasteiger partial charge in [0.05, 0.1) is 11.6 Å². The number of rotatable bonds is 3. The third kappa shape index (κ3) is 3.47. The number of hydrogen-bond acceptors (Lipinski definition) is 4. The molecule has 1 aliphatic rings. The lowest BCUT2D eigenvalue weighted by atomic mass is 9.97. The quantitative estimate of drug-likeness (QED) is 0.761. The smallest absolute Gasteiger partial charge is 0.253 e. The minimum atomic E-state index is -1.03. The predicted octanol–water partition coefficient (Wildman–Crippen LogP) is 3.67. The van der Waals surface area contributed by atoms with Crippen molar-refractivity contribution in [3.8, 4) is 11.5 Å². The molecule has 1 saturated heterocycles. The lowest BCUT2D eigenvalue weighted by Crippen LogP contribution is -2.39. The van der Waals surface area contributed by atoms with E-state index in [9.17, 15) is 13.6 Å². The molecule has 0 aliphatic carbocycles. The van der Waals surface area contributed by atoms with Gasteiger partial charge in [0.25, 0.3) is 5.91 Å². The fraction of sp³-hybridized carbons (Fsp3) is 0.316. The lowest BCUT2D eigenvalue weighted by Gasteiger charge is -2.31. The Kier molecular flexibility index (Phi) is 4.47. The number of aromatic amines is 1. The molecule has 3 aromatic rings. The summed E-state index contributed by atoms with van der Waals surface area (Å²) < 4.78 is 31.9. The van der Waals surface area contributed by atoms with Crippen molar-refractivity contribution in [2.45, 2.75) is 25.7 Å².